The molecule has 0 bridgehead atoms. The van der Waals surface area contributed by atoms with Gasteiger partial charge in [-0.2, -0.15) is 0 Å². The number of nitrogens with zero attached hydrogens (tertiary/aromatic N) is 2. The molecule has 0 unspecified atom stereocenters. The van der Waals surface area contributed by atoms with Crippen molar-refractivity contribution in [1.29, 1.82) is 0 Å². The van der Waals surface area contributed by atoms with E-state index in [0.29, 0.717) is 11.5 Å². The monoisotopic (exact) mass is 689 g/mol. The number of para-hydroxylation sites is 1. The molecule has 234 valence electrons. The summed E-state index contributed by atoms with van der Waals surface area (Å²) in [6.07, 6.45) is 3.93. The van der Waals surface area contributed by atoms with E-state index in [1.807, 2.05) is 54.6 Å². The second-order valence-electron chi connectivity index (χ2n) is 11.1. The van der Waals surface area contributed by atoms with Crippen LogP contribution < -0.4 is 14.4 Å². The minimum absolute atomic E-state index is 0.0491. The quantitative estimate of drug-likeness (QED) is 0.174. The number of halogens is 1. The van der Waals surface area contributed by atoms with Gasteiger partial charge >= 0.3 is 0 Å². The van der Waals surface area contributed by atoms with Gasteiger partial charge in [-0.1, -0.05) is 77.3 Å². The first-order chi connectivity index (χ1) is 21.7. The van der Waals surface area contributed by atoms with E-state index >= 15 is 0 Å². The van der Waals surface area contributed by atoms with Crippen molar-refractivity contribution in [2.75, 3.05) is 10.8 Å². The Morgan fingerprint density at radius 3 is 2.13 bits per heavy atom. The van der Waals surface area contributed by atoms with Crippen LogP contribution in [0.25, 0.3) is 0 Å². The van der Waals surface area contributed by atoms with Crippen molar-refractivity contribution in [1.82, 2.24) is 10.2 Å². The topological polar surface area (TPSA) is 96.0 Å². The van der Waals surface area contributed by atoms with Crippen molar-refractivity contribution in [3.05, 3.63) is 119 Å². The molecule has 0 heterocycles. The SMILES string of the molecule is C[C@@H](C(=O)NC1CCCC1)N(Cc1cccc(Br)c1)C(=O)CN(c1ccc(Oc2ccccc2)cc1)S(=O)(=O)c1ccccc1. The number of rotatable bonds is 12. The second kappa shape index (κ2) is 14.8. The predicted molar refractivity (Wildman–Crippen MR) is 178 cm³/mol. The van der Waals surface area contributed by atoms with Gasteiger partial charge in [0.15, 0.2) is 0 Å². The molecular formula is C35H36BrN3O5S. The maximum atomic E-state index is 14.2. The molecule has 0 saturated heterocycles. The molecule has 45 heavy (non-hydrogen) atoms. The molecule has 8 nitrogen and oxygen atoms in total. The van der Waals surface area contributed by atoms with Crippen LogP contribution in [0.2, 0.25) is 0 Å². The summed E-state index contributed by atoms with van der Waals surface area (Å²) in [5, 5.41) is 3.09. The summed E-state index contributed by atoms with van der Waals surface area (Å²) in [5.74, 6) is 0.391. The standard InChI is InChI=1S/C35H36BrN3O5S/c1-26(35(41)37-29-13-8-9-14-29)38(24-27-11-10-12-28(36)23-27)34(40)25-39(45(42,43)33-17-6-3-7-18-33)30-19-21-32(22-20-30)44-31-15-4-2-5-16-31/h2-7,10-12,15-23,26,29H,8-9,13-14,24-25H2,1H3,(H,37,41)/t26-/m0/s1. The minimum Gasteiger partial charge on any atom is -0.457 e. The van der Waals surface area contributed by atoms with Crippen LogP contribution in [0, 0.1) is 0 Å². The molecule has 1 aliphatic rings. The Hall–Kier alpha value is -4.15. The molecule has 1 atom stereocenters. The van der Waals surface area contributed by atoms with E-state index in [4.69, 9.17) is 4.74 Å². The molecule has 0 aromatic heterocycles. The van der Waals surface area contributed by atoms with E-state index in [1.165, 1.54) is 17.0 Å². The van der Waals surface area contributed by atoms with Crippen molar-refractivity contribution < 1.29 is 22.7 Å². The van der Waals surface area contributed by atoms with Crippen molar-refractivity contribution >= 4 is 43.5 Å². The maximum absolute atomic E-state index is 14.2. The Bertz CT molecular complexity index is 1700. The average molecular weight is 691 g/mol. The maximum Gasteiger partial charge on any atom is 0.264 e. The number of amides is 2. The zero-order chi connectivity index (χ0) is 31.8. The molecule has 1 saturated carbocycles. The van der Waals surface area contributed by atoms with Crippen LogP contribution in [0.15, 0.2) is 119 Å². The zero-order valence-electron chi connectivity index (χ0n) is 25.0. The van der Waals surface area contributed by atoms with E-state index in [0.717, 1.165) is 40.0 Å². The molecule has 2 amide bonds. The smallest absolute Gasteiger partial charge is 0.264 e. The number of hydrogen-bond acceptors (Lipinski definition) is 5. The summed E-state index contributed by atoms with van der Waals surface area (Å²) in [6.45, 7) is 1.30. The van der Waals surface area contributed by atoms with E-state index in [-0.39, 0.29) is 29.1 Å². The van der Waals surface area contributed by atoms with Gasteiger partial charge in [0.1, 0.15) is 24.1 Å². The molecule has 10 heteroatoms. The van der Waals surface area contributed by atoms with Gasteiger partial charge in [-0.15, -0.1) is 0 Å². The van der Waals surface area contributed by atoms with Crippen LogP contribution in [0.5, 0.6) is 11.5 Å². The van der Waals surface area contributed by atoms with Crippen molar-refractivity contribution in [2.24, 2.45) is 0 Å². The fourth-order valence-corrected chi connectivity index (χ4v) is 7.24. The highest BCUT2D eigenvalue weighted by Crippen LogP contribution is 2.29. The minimum atomic E-state index is -4.16. The van der Waals surface area contributed by atoms with Crippen LogP contribution in [0.1, 0.15) is 38.2 Å². The first-order valence-electron chi connectivity index (χ1n) is 15.0. The number of carbonyl (C=O) groups is 2. The van der Waals surface area contributed by atoms with Gasteiger partial charge in [0.05, 0.1) is 10.6 Å². The van der Waals surface area contributed by atoms with Gasteiger partial charge in [-0.3, -0.25) is 13.9 Å². The number of anilines is 1. The molecule has 0 radical (unpaired) electrons. The lowest BCUT2D eigenvalue weighted by Gasteiger charge is -2.32. The summed E-state index contributed by atoms with van der Waals surface area (Å²) in [7, 11) is -4.16. The lowest BCUT2D eigenvalue weighted by molar-refractivity contribution is -0.139. The number of hydrogen-bond donors (Lipinski definition) is 1. The van der Waals surface area contributed by atoms with Gasteiger partial charge in [-0.05, 0) is 86.0 Å². The number of nitrogens with one attached hydrogen (secondary N) is 1. The number of carbonyl (C=O) groups excluding carboxylic acids is 2. The Kier molecular flexibility index (Phi) is 10.6. The van der Waals surface area contributed by atoms with Crippen molar-refractivity contribution in [3.8, 4) is 11.5 Å². The molecule has 1 fully saturated rings. The van der Waals surface area contributed by atoms with Crippen molar-refractivity contribution in [3.63, 3.8) is 0 Å². The van der Waals surface area contributed by atoms with Gasteiger partial charge in [0, 0.05) is 17.1 Å². The Labute approximate surface area is 273 Å². The first-order valence-corrected chi connectivity index (χ1v) is 17.2. The summed E-state index contributed by atoms with van der Waals surface area (Å²) in [4.78, 5) is 29.1. The third kappa shape index (κ3) is 8.32. The van der Waals surface area contributed by atoms with Crippen molar-refractivity contribution in [2.45, 2.75) is 56.1 Å². The lowest BCUT2D eigenvalue weighted by atomic mass is 10.1. The molecule has 4 aromatic carbocycles. The van der Waals surface area contributed by atoms with Gasteiger partial charge in [0.2, 0.25) is 11.8 Å². The number of ether oxygens (including phenoxy) is 1. The van der Waals surface area contributed by atoms with Crippen LogP contribution in [0.3, 0.4) is 0 Å². The fourth-order valence-electron chi connectivity index (χ4n) is 5.36. The third-order valence-corrected chi connectivity index (χ3v) is 10.1. The molecule has 0 spiro atoms. The fraction of sp³-hybridized carbons (Fsp3) is 0.257. The van der Waals surface area contributed by atoms with E-state index in [2.05, 4.69) is 21.2 Å². The van der Waals surface area contributed by atoms with E-state index < -0.39 is 28.5 Å². The van der Waals surface area contributed by atoms with E-state index in [9.17, 15) is 18.0 Å². The van der Waals surface area contributed by atoms with Crippen LogP contribution in [-0.4, -0.2) is 43.8 Å². The largest absolute Gasteiger partial charge is 0.457 e. The summed E-state index contributed by atoms with van der Waals surface area (Å²) >= 11 is 3.48. The second-order valence-corrected chi connectivity index (χ2v) is 13.8. The lowest BCUT2D eigenvalue weighted by Crippen LogP contribution is -2.52. The highest BCUT2D eigenvalue weighted by molar-refractivity contribution is 9.10. The average Bonchev–Trinajstić information content (AvgIpc) is 3.56. The van der Waals surface area contributed by atoms with Crippen LogP contribution >= 0.6 is 15.9 Å². The van der Waals surface area contributed by atoms with Crippen LogP contribution in [-0.2, 0) is 26.2 Å². The predicted octanol–water partition coefficient (Wildman–Crippen LogP) is 6.91. The van der Waals surface area contributed by atoms with E-state index in [1.54, 1.807) is 49.4 Å². The molecule has 4 aromatic rings. The summed E-state index contributed by atoms with van der Waals surface area (Å²) in [5.41, 5.74) is 1.09. The number of sulfonamides is 1. The molecule has 1 aliphatic carbocycles. The summed E-state index contributed by atoms with van der Waals surface area (Å²) < 4.78 is 35.9. The van der Waals surface area contributed by atoms with Gasteiger partial charge < -0.3 is 15.0 Å². The van der Waals surface area contributed by atoms with Crippen LogP contribution in [0.4, 0.5) is 5.69 Å². The normalized spacial score (nSPS) is 14.0. The molecule has 1 N–H and O–H groups in total. The summed E-state index contributed by atoms with van der Waals surface area (Å²) in [6, 6.07) is 30.5. The Balaban J connectivity index is 1.46. The highest BCUT2D eigenvalue weighted by Gasteiger charge is 2.33. The number of benzene rings is 4. The van der Waals surface area contributed by atoms with Gasteiger partial charge in [-0.25, -0.2) is 8.42 Å². The molecule has 5 rings (SSSR count). The third-order valence-electron chi connectivity index (χ3n) is 7.82. The zero-order valence-corrected chi connectivity index (χ0v) is 27.4. The highest BCUT2D eigenvalue weighted by atomic mass is 79.9. The first kappa shape index (κ1) is 32.2. The Morgan fingerprint density at radius 2 is 1.49 bits per heavy atom. The molecular weight excluding hydrogens is 654 g/mol. The Morgan fingerprint density at radius 1 is 0.867 bits per heavy atom. The van der Waals surface area contributed by atoms with Gasteiger partial charge in [0.25, 0.3) is 10.0 Å². The molecule has 0 aliphatic heterocycles.